The fourth-order valence-electron chi connectivity index (χ4n) is 3.05. The van der Waals surface area contributed by atoms with Crippen molar-refractivity contribution in [2.75, 3.05) is 6.54 Å². The van der Waals surface area contributed by atoms with E-state index in [1.54, 1.807) is 0 Å². The lowest BCUT2D eigenvalue weighted by molar-refractivity contribution is -0.142. The minimum absolute atomic E-state index is 0.0843. The molecule has 2 fully saturated rings. The molecule has 2 atom stereocenters. The Balaban J connectivity index is 1.75. The first kappa shape index (κ1) is 10.9. The van der Waals surface area contributed by atoms with Crippen molar-refractivity contribution in [1.29, 1.82) is 0 Å². The molecule has 3 nitrogen and oxygen atoms in total. The van der Waals surface area contributed by atoms with Crippen LogP contribution in [-0.4, -0.2) is 23.7 Å². The van der Waals surface area contributed by atoms with Crippen LogP contribution in [0, 0.1) is 11.8 Å². The third kappa shape index (κ3) is 2.71. The molecule has 0 radical (unpaired) electrons. The van der Waals surface area contributed by atoms with Crippen molar-refractivity contribution in [2.45, 2.75) is 51.0 Å². The number of rotatable bonds is 4. The Bertz CT molecular complexity index is 224. The molecule has 0 aromatic carbocycles. The van der Waals surface area contributed by atoms with Crippen LogP contribution in [0.1, 0.15) is 44.9 Å². The van der Waals surface area contributed by atoms with Crippen LogP contribution >= 0.6 is 0 Å². The number of aliphatic carboxylic acids is 1. The van der Waals surface area contributed by atoms with Crippen LogP contribution in [0.3, 0.4) is 0 Å². The van der Waals surface area contributed by atoms with Gasteiger partial charge in [-0.15, -0.1) is 0 Å². The average Bonchev–Trinajstić information content (AvgIpc) is 2.86. The molecule has 0 aliphatic heterocycles. The Kier molecular flexibility index (Phi) is 3.62. The molecule has 0 aromatic rings. The van der Waals surface area contributed by atoms with Crippen molar-refractivity contribution in [2.24, 2.45) is 11.8 Å². The highest BCUT2D eigenvalue weighted by Gasteiger charge is 2.32. The Hall–Kier alpha value is -0.570. The maximum atomic E-state index is 11.0. The van der Waals surface area contributed by atoms with Crippen LogP contribution in [0.4, 0.5) is 0 Å². The molecule has 86 valence electrons. The van der Waals surface area contributed by atoms with E-state index < -0.39 is 5.97 Å². The highest BCUT2D eigenvalue weighted by molar-refractivity contribution is 5.70. The van der Waals surface area contributed by atoms with Gasteiger partial charge in [-0.05, 0) is 38.1 Å². The minimum atomic E-state index is -0.592. The summed E-state index contributed by atoms with van der Waals surface area (Å²) in [4.78, 5) is 11.0. The van der Waals surface area contributed by atoms with Gasteiger partial charge in [0.15, 0.2) is 0 Å². The zero-order valence-corrected chi connectivity index (χ0v) is 9.24. The van der Waals surface area contributed by atoms with Gasteiger partial charge in [0.1, 0.15) is 0 Å². The lowest BCUT2D eigenvalue weighted by Gasteiger charge is -2.19. The zero-order chi connectivity index (χ0) is 10.7. The molecule has 2 N–H and O–H groups in total. The van der Waals surface area contributed by atoms with Crippen molar-refractivity contribution in [3.05, 3.63) is 0 Å². The van der Waals surface area contributed by atoms with Gasteiger partial charge in [0.2, 0.25) is 0 Å². The highest BCUT2D eigenvalue weighted by Crippen LogP contribution is 2.31. The Morgan fingerprint density at radius 2 is 1.87 bits per heavy atom. The predicted molar refractivity (Wildman–Crippen MR) is 58.7 cm³/mol. The van der Waals surface area contributed by atoms with Gasteiger partial charge in [0.25, 0.3) is 0 Å². The van der Waals surface area contributed by atoms with Crippen molar-refractivity contribution in [3.63, 3.8) is 0 Å². The first-order chi connectivity index (χ1) is 7.27. The summed E-state index contributed by atoms with van der Waals surface area (Å²) >= 11 is 0. The van der Waals surface area contributed by atoms with Crippen LogP contribution in [0.15, 0.2) is 0 Å². The fourth-order valence-corrected chi connectivity index (χ4v) is 3.05. The zero-order valence-electron chi connectivity index (χ0n) is 9.24. The quantitative estimate of drug-likeness (QED) is 0.748. The van der Waals surface area contributed by atoms with Crippen molar-refractivity contribution >= 4 is 5.97 Å². The van der Waals surface area contributed by atoms with Crippen LogP contribution in [-0.2, 0) is 4.79 Å². The largest absolute Gasteiger partial charge is 0.481 e. The maximum absolute atomic E-state index is 11.0. The van der Waals surface area contributed by atoms with Gasteiger partial charge in [-0.2, -0.15) is 0 Å². The van der Waals surface area contributed by atoms with Crippen molar-refractivity contribution in [3.8, 4) is 0 Å². The number of nitrogens with one attached hydrogen (secondary N) is 1. The second kappa shape index (κ2) is 4.97. The van der Waals surface area contributed by atoms with Crippen LogP contribution in [0.2, 0.25) is 0 Å². The molecule has 2 unspecified atom stereocenters. The third-order valence-electron chi connectivity index (χ3n) is 4.00. The molecule has 0 aromatic heterocycles. The van der Waals surface area contributed by atoms with E-state index >= 15 is 0 Å². The molecule has 2 rings (SSSR count). The number of hydrogen-bond acceptors (Lipinski definition) is 2. The van der Waals surface area contributed by atoms with E-state index in [1.807, 2.05) is 0 Å². The molecule has 0 saturated heterocycles. The standard InChI is InChI=1S/C12H21NO2/c14-12(15)11-7-3-4-9(11)8-13-10-5-1-2-6-10/h9-11,13H,1-8H2,(H,14,15). The molecule has 0 heterocycles. The average molecular weight is 211 g/mol. The number of carbonyl (C=O) groups is 1. The van der Waals surface area contributed by atoms with E-state index in [9.17, 15) is 4.79 Å². The second-order valence-electron chi connectivity index (χ2n) is 5.03. The highest BCUT2D eigenvalue weighted by atomic mass is 16.4. The van der Waals surface area contributed by atoms with E-state index in [4.69, 9.17) is 5.11 Å². The molecule has 2 aliphatic rings. The van der Waals surface area contributed by atoms with Crippen LogP contribution in [0.25, 0.3) is 0 Å². The monoisotopic (exact) mass is 211 g/mol. The molecule has 3 heteroatoms. The van der Waals surface area contributed by atoms with E-state index in [2.05, 4.69) is 5.32 Å². The lowest BCUT2D eigenvalue weighted by atomic mass is 9.96. The molecular formula is C12H21NO2. The molecule has 0 amide bonds. The second-order valence-corrected chi connectivity index (χ2v) is 5.03. The molecular weight excluding hydrogens is 190 g/mol. The summed E-state index contributed by atoms with van der Waals surface area (Å²) in [7, 11) is 0. The number of carboxylic acids is 1. The van der Waals surface area contributed by atoms with Crippen LogP contribution in [0.5, 0.6) is 0 Å². The summed E-state index contributed by atoms with van der Waals surface area (Å²) in [5.74, 6) is -0.298. The normalized spacial score (nSPS) is 32.3. The molecule has 15 heavy (non-hydrogen) atoms. The van der Waals surface area contributed by atoms with Gasteiger partial charge in [0, 0.05) is 6.04 Å². The van der Waals surface area contributed by atoms with E-state index in [-0.39, 0.29) is 5.92 Å². The fraction of sp³-hybridized carbons (Fsp3) is 0.917. The van der Waals surface area contributed by atoms with Gasteiger partial charge in [-0.3, -0.25) is 4.79 Å². The summed E-state index contributed by atoms with van der Waals surface area (Å²) in [6, 6.07) is 0.667. The number of hydrogen-bond donors (Lipinski definition) is 2. The van der Waals surface area contributed by atoms with Crippen molar-refractivity contribution < 1.29 is 9.90 Å². The molecule has 0 bridgehead atoms. The van der Waals surface area contributed by atoms with Gasteiger partial charge in [-0.1, -0.05) is 19.3 Å². The Labute approximate surface area is 91.2 Å². The lowest BCUT2D eigenvalue weighted by Crippen LogP contribution is -2.34. The molecule has 2 saturated carbocycles. The predicted octanol–water partition coefficient (Wildman–Crippen LogP) is 2.02. The summed E-state index contributed by atoms with van der Waals surface area (Å²) in [5, 5.41) is 12.6. The minimum Gasteiger partial charge on any atom is -0.481 e. The first-order valence-corrected chi connectivity index (χ1v) is 6.23. The van der Waals surface area contributed by atoms with Gasteiger partial charge in [-0.25, -0.2) is 0 Å². The van der Waals surface area contributed by atoms with E-state index in [0.29, 0.717) is 12.0 Å². The third-order valence-corrected chi connectivity index (χ3v) is 4.00. The summed E-state index contributed by atoms with van der Waals surface area (Å²) < 4.78 is 0. The first-order valence-electron chi connectivity index (χ1n) is 6.23. The van der Waals surface area contributed by atoms with Crippen LogP contribution < -0.4 is 5.32 Å². The molecule has 0 spiro atoms. The van der Waals surface area contributed by atoms with Crippen molar-refractivity contribution in [1.82, 2.24) is 5.32 Å². The van der Waals surface area contributed by atoms with Gasteiger partial charge < -0.3 is 10.4 Å². The van der Waals surface area contributed by atoms with E-state index in [1.165, 1.54) is 25.7 Å². The Morgan fingerprint density at radius 1 is 1.13 bits per heavy atom. The number of carboxylic acid groups (broad SMARTS) is 1. The Morgan fingerprint density at radius 3 is 2.53 bits per heavy atom. The summed E-state index contributed by atoms with van der Waals surface area (Å²) in [6.45, 7) is 0.918. The maximum Gasteiger partial charge on any atom is 0.306 e. The van der Waals surface area contributed by atoms with Gasteiger partial charge >= 0.3 is 5.97 Å². The SMILES string of the molecule is O=C(O)C1CCCC1CNC1CCCC1. The smallest absolute Gasteiger partial charge is 0.306 e. The summed E-state index contributed by atoms with van der Waals surface area (Å²) in [5.41, 5.74) is 0. The summed E-state index contributed by atoms with van der Waals surface area (Å²) in [6.07, 6.45) is 8.31. The van der Waals surface area contributed by atoms with Gasteiger partial charge in [0.05, 0.1) is 5.92 Å². The molecule has 2 aliphatic carbocycles. The topological polar surface area (TPSA) is 49.3 Å². The van der Waals surface area contributed by atoms with E-state index in [0.717, 1.165) is 25.8 Å².